The summed E-state index contributed by atoms with van der Waals surface area (Å²) in [5, 5.41) is 4.45. The first-order valence-corrected chi connectivity index (χ1v) is 11.2. The van der Waals surface area contributed by atoms with Gasteiger partial charge >= 0.3 is 0 Å². The van der Waals surface area contributed by atoms with Crippen LogP contribution in [0.2, 0.25) is 0 Å². The van der Waals surface area contributed by atoms with Gasteiger partial charge in [0, 0.05) is 31.4 Å². The zero-order chi connectivity index (χ0) is 20.9. The Kier molecular flexibility index (Phi) is 6.56. The zero-order valence-corrected chi connectivity index (χ0v) is 18.0. The minimum absolute atomic E-state index is 0.360. The monoisotopic (exact) mass is 425 g/mol. The molecular weight excluding hydrogens is 398 g/mol. The van der Waals surface area contributed by atoms with Crippen LogP contribution >= 0.6 is 11.3 Å². The average Bonchev–Trinajstić information content (AvgIpc) is 3.18. The molecule has 158 valence electrons. The molecule has 0 spiro atoms. The van der Waals surface area contributed by atoms with Gasteiger partial charge in [0.05, 0.1) is 29.5 Å². The van der Waals surface area contributed by atoms with Crippen LogP contribution in [-0.4, -0.2) is 53.6 Å². The van der Waals surface area contributed by atoms with Gasteiger partial charge in [0.25, 0.3) is 5.91 Å². The molecule has 0 atom stereocenters. The number of morpholine rings is 1. The van der Waals surface area contributed by atoms with Crippen LogP contribution in [0, 0.1) is 0 Å². The van der Waals surface area contributed by atoms with Crippen LogP contribution in [0.25, 0.3) is 10.3 Å². The molecule has 1 amide bonds. The van der Waals surface area contributed by atoms with E-state index >= 15 is 0 Å². The molecule has 0 bridgehead atoms. The van der Waals surface area contributed by atoms with Gasteiger partial charge < -0.3 is 15.8 Å². The van der Waals surface area contributed by atoms with Crippen LogP contribution in [0.3, 0.4) is 0 Å². The van der Waals surface area contributed by atoms with Crippen LogP contribution in [0.5, 0.6) is 0 Å². The largest absolute Gasteiger partial charge is 0.379 e. The summed E-state index contributed by atoms with van der Waals surface area (Å²) in [4.78, 5) is 24.6. The Morgan fingerprint density at radius 1 is 1.30 bits per heavy atom. The molecule has 8 heteroatoms. The topological polar surface area (TPSA) is 93.4 Å². The molecule has 1 aliphatic heterocycles. The molecule has 1 aliphatic rings. The van der Waals surface area contributed by atoms with Crippen LogP contribution in [-0.2, 0) is 17.6 Å². The summed E-state index contributed by atoms with van der Waals surface area (Å²) in [6.45, 7) is 6.76. The van der Waals surface area contributed by atoms with E-state index in [4.69, 9.17) is 15.5 Å². The maximum Gasteiger partial charge on any atom is 0.252 e. The Morgan fingerprint density at radius 3 is 2.87 bits per heavy atom. The molecule has 0 radical (unpaired) electrons. The van der Waals surface area contributed by atoms with Gasteiger partial charge in [-0.1, -0.05) is 36.5 Å². The number of rotatable bonds is 8. The second kappa shape index (κ2) is 9.51. The molecule has 2 aromatic heterocycles. The van der Waals surface area contributed by atoms with Gasteiger partial charge in [-0.2, -0.15) is 0 Å². The molecule has 7 nitrogen and oxygen atoms in total. The minimum Gasteiger partial charge on any atom is -0.379 e. The van der Waals surface area contributed by atoms with Crippen molar-refractivity contribution in [1.82, 2.24) is 14.9 Å². The summed E-state index contributed by atoms with van der Waals surface area (Å²) in [5.41, 5.74) is 9.48. The highest BCUT2D eigenvalue weighted by Gasteiger charge is 2.18. The fraction of sp³-hybridized carbons (Fsp3) is 0.409. The predicted molar refractivity (Wildman–Crippen MR) is 121 cm³/mol. The van der Waals surface area contributed by atoms with Gasteiger partial charge in [-0.15, -0.1) is 0 Å². The highest BCUT2D eigenvalue weighted by molar-refractivity contribution is 7.18. The van der Waals surface area contributed by atoms with Crippen molar-refractivity contribution in [3.05, 3.63) is 46.6 Å². The number of carbonyl (C=O) groups is 1. The number of aryl methyl sites for hydroxylation is 2. The number of carbonyl (C=O) groups excluding carboxylic acids is 1. The first-order valence-electron chi connectivity index (χ1n) is 10.4. The number of anilines is 2. The lowest BCUT2D eigenvalue weighted by molar-refractivity contribution is 0.0374. The third kappa shape index (κ3) is 4.61. The Hall–Kier alpha value is -2.55. The van der Waals surface area contributed by atoms with Crippen molar-refractivity contribution in [1.29, 1.82) is 0 Å². The second-order valence-electron chi connectivity index (χ2n) is 7.37. The number of benzene rings is 1. The fourth-order valence-corrected chi connectivity index (χ4v) is 4.66. The highest BCUT2D eigenvalue weighted by atomic mass is 32.1. The number of fused-ring (bicyclic) bond motifs is 1. The first-order chi connectivity index (χ1) is 14.7. The lowest BCUT2D eigenvalue weighted by atomic mass is 10.1. The molecular formula is C22H27N5O2S. The highest BCUT2D eigenvalue weighted by Crippen LogP contribution is 2.33. The number of ether oxygens (including phenoxy) is 1. The predicted octanol–water partition coefficient (Wildman–Crippen LogP) is 3.36. The van der Waals surface area contributed by atoms with Crippen molar-refractivity contribution in [2.24, 2.45) is 5.73 Å². The number of primary amides is 1. The quantitative estimate of drug-likeness (QED) is 0.575. The number of nitrogens with one attached hydrogen (secondary N) is 1. The summed E-state index contributed by atoms with van der Waals surface area (Å²) >= 11 is 1.58. The molecule has 3 N–H and O–H groups in total. The van der Waals surface area contributed by atoms with E-state index in [-0.39, 0.29) is 0 Å². The van der Waals surface area contributed by atoms with Crippen molar-refractivity contribution in [3.63, 3.8) is 0 Å². The lowest BCUT2D eigenvalue weighted by Crippen LogP contribution is -2.36. The Labute approximate surface area is 180 Å². The smallest absolute Gasteiger partial charge is 0.252 e. The van der Waals surface area contributed by atoms with Crippen molar-refractivity contribution < 1.29 is 9.53 Å². The number of hydrogen-bond donors (Lipinski definition) is 2. The van der Waals surface area contributed by atoms with E-state index in [0.717, 1.165) is 67.6 Å². The SMILES string of the molecule is CCc1ccccc1Nc1c(C(N)=O)cnc2sc(CCCN3CCOCC3)nc12. The zero-order valence-electron chi connectivity index (χ0n) is 17.2. The van der Waals surface area contributed by atoms with Crippen LogP contribution in [0.1, 0.15) is 34.3 Å². The minimum atomic E-state index is -0.511. The summed E-state index contributed by atoms with van der Waals surface area (Å²) < 4.78 is 5.41. The van der Waals surface area contributed by atoms with Crippen molar-refractivity contribution in [2.45, 2.75) is 26.2 Å². The number of thiazole rings is 1. The number of nitrogens with two attached hydrogens (primary N) is 1. The van der Waals surface area contributed by atoms with E-state index in [9.17, 15) is 4.79 Å². The Morgan fingerprint density at radius 2 is 2.10 bits per heavy atom. The molecule has 3 aromatic rings. The summed E-state index contributed by atoms with van der Waals surface area (Å²) in [6.07, 6.45) is 4.35. The summed E-state index contributed by atoms with van der Waals surface area (Å²) in [6, 6.07) is 8.06. The van der Waals surface area contributed by atoms with Crippen LogP contribution < -0.4 is 11.1 Å². The number of para-hydroxylation sites is 1. The van der Waals surface area contributed by atoms with Crippen LogP contribution in [0.15, 0.2) is 30.5 Å². The van der Waals surface area contributed by atoms with Gasteiger partial charge in [-0.3, -0.25) is 9.69 Å². The van der Waals surface area contributed by atoms with E-state index in [1.165, 1.54) is 5.56 Å². The number of hydrogen-bond acceptors (Lipinski definition) is 7. The molecule has 0 aliphatic carbocycles. The molecule has 3 heterocycles. The summed E-state index contributed by atoms with van der Waals surface area (Å²) in [5.74, 6) is -0.511. The normalized spacial score (nSPS) is 14.8. The molecule has 30 heavy (non-hydrogen) atoms. The fourth-order valence-electron chi connectivity index (χ4n) is 3.71. The van der Waals surface area contributed by atoms with Gasteiger partial charge in [0.2, 0.25) is 0 Å². The van der Waals surface area contributed by atoms with Gasteiger partial charge in [0.15, 0.2) is 0 Å². The standard InChI is InChI=1S/C22H27N5O2S/c1-2-15-6-3-4-7-17(15)25-19-16(21(23)28)14-24-22-20(19)26-18(30-22)8-5-9-27-10-12-29-13-11-27/h3-4,6-7,14H,2,5,8-13H2,1H3,(H2,23,28)(H,24,25). The maximum atomic E-state index is 12.1. The van der Waals surface area contributed by atoms with Crippen molar-refractivity contribution in [2.75, 3.05) is 38.2 Å². The molecule has 4 rings (SSSR count). The first kappa shape index (κ1) is 20.7. The molecule has 1 saturated heterocycles. The van der Waals surface area contributed by atoms with Gasteiger partial charge in [-0.05, 0) is 31.0 Å². The van der Waals surface area contributed by atoms with E-state index in [0.29, 0.717) is 16.8 Å². The number of pyridine rings is 1. The molecule has 1 aromatic carbocycles. The molecule has 0 unspecified atom stereocenters. The van der Waals surface area contributed by atoms with Crippen LogP contribution in [0.4, 0.5) is 11.4 Å². The average molecular weight is 426 g/mol. The Bertz CT molecular complexity index is 1030. The third-order valence-corrected chi connectivity index (χ3v) is 6.39. The lowest BCUT2D eigenvalue weighted by Gasteiger charge is -2.26. The third-order valence-electron chi connectivity index (χ3n) is 5.36. The number of nitrogens with zero attached hydrogens (tertiary/aromatic N) is 3. The number of amides is 1. The van der Waals surface area contributed by atoms with E-state index in [1.54, 1.807) is 17.5 Å². The van der Waals surface area contributed by atoms with Crippen molar-refractivity contribution >= 4 is 39.0 Å². The molecule has 1 fully saturated rings. The van der Waals surface area contributed by atoms with E-state index in [2.05, 4.69) is 28.2 Å². The maximum absolute atomic E-state index is 12.1. The second-order valence-corrected chi connectivity index (χ2v) is 8.43. The Balaban J connectivity index is 1.59. The molecule has 0 saturated carbocycles. The van der Waals surface area contributed by atoms with Gasteiger partial charge in [-0.25, -0.2) is 9.97 Å². The summed E-state index contributed by atoms with van der Waals surface area (Å²) in [7, 11) is 0. The number of aromatic nitrogens is 2. The van der Waals surface area contributed by atoms with Crippen molar-refractivity contribution in [3.8, 4) is 0 Å². The van der Waals surface area contributed by atoms with Gasteiger partial charge in [0.1, 0.15) is 10.3 Å². The van der Waals surface area contributed by atoms with E-state index < -0.39 is 5.91 Å². The van der Waals surface area contributed by atoms with E-state index in [1.807, 2.05) is 18.2 Å².